The van der Waals surface area contributed by atoms with Crippen molar-refractivity contribution in [2.24, 2.45) is 5.73 Å². The summed E-state index contributed by atoms with van der Waals surface area (Å²) in [5.41, 5.74) is 6.26. The van der Waals surface area contributed by atoms with Crippen molar-refractivity contribution in [1.29, 1.82) is 0 Å². The second-order valence-electron chi connectivity index (χ2n) is 6.80. The molecule has 2 heterocycles. The van der Waals surface area contributed by atoms with Crippen LogP contribution in [0.15, 0.2) is 10.5 Å². The van der Waals surface area contributed by atoms with Gasteiger partial charge in [-0.15, -0.1) is 0 Å². The molecule has 21 heavy (non-hydrogen) atoms. The Bertz CT molecular complexity index is 502. The van der Waals surface area contributed by atoms with Crippen LogP contribution in [0.4, 0.5) is 0 Å². The Hall–Kier alpha value is -1.33. The number of carbonyl (C=O) groups excluding carboxylic acids is 1. The van der Waals surface area contributed by atoms with E-state index in [-0.39, 0.29) is 11.2 Å². The van der Waals surface area contributed by atoms with Crippen LogP contribution in [0.3, 0.4) is 0 Å². The maximum atomic E-state index is 11.4. The van der Waals surface area contributed by atoms with E-state index >= 15 is 0 Å². The molecule has 1 aromatic heterocycles. The number of furan rings is 1. The van der Waals surface area contributed by atoms with Crippen LogP contribution in [0.5, 0.6) is 0 Å². The maximum Gasteiger partial charge on any atom is 0.284 e. The molecule has 1 fully saturated rings. The van der Waals surface area contributed by atoms with Gasteiger partial charge in [0.1, 0.15) is 5.76 Å². The van der Waals surface area contributed by atoms with Crippen LogP contribution in [0.1, 0.15) is 55.5 Å². The second-order valence-corrected chi connectivity index (χ2v) is 6.80. The van der Waals surface area contributed by atoms with Crippen molar-refractivity contribution in [3.63, 3.8) is 0 Å². The fourth-order valence-electron chi connectivity index (χ4n) is 3.01. The lowest BCUT2D eigenvalue weighted by atomic mass is 9.90. The highest BCUT2D eigenvalue weighted by Crippen LogP contribution is 2.31. The minimum Gasteiger partial charge on any atom is -0.455 e. The second kappa shape index (κ2) is 6.20. The lowest BCUT2D eigenvalue weighted by Crippen LogP contribution is -2.33. The van der Waals surface area contributed by atoms with E-state index in [4.69, 9.17) is 14.9 Å². The highest BCUT2D eigenvalue weighted by atomic mass is 16.5. The van der Waals surface area contributed by atoms with E-state index < -0.39 is 5.91 Å². The normalized spacial score (nSPS) is 20.1. The summed E-state index contributed by atoms with van der Waals surface area (Å²) in [6, 6.07) is 2.24. The average Bonchev–Trinajstić information content (AvgIpc) is 2.97. The van der Waals surface area contributed by atoms with Gasteiger partial charge in [-0.1, -0.05) is 20.8 Å². The average molecular weight is 294 g/mol. The fraction of sp³-hybridized carbons (Fsp3) is 0.688. The Kier molecular flexibility index (Phi) is 4.74. The largest absolute Gasteiger partial charge is 0.455 e. The van der Waals surface area contributed by atoms with Crippen LogP contribution in [-0.2, 0) is 16.7 Å². The molecular weight excluding hydrogens is 268 g/mol. The third kappa shape index (κ3) is 3.66. The Morgan fingerprint density at radius 3 is 2.81 bits per heavy atom. The number of ether oxygens (including phenoxy) is 1. The van der Waals surface area contributed by atoms with Crippen molar-refractivity contribution < 1.29 is 13.9 Å². The molecule has 0 bridgehead atoms. The zero-order chi connectivity index (χ0) is 15.6. The Morgan fingerprint density at radius 2 is 2.24 bits per heavy atom. The van der Waals surface area contributed by atoms with Gasteiger partial charge >= 0.3 is 0 Å². The number of nitrogens with zero attached hydrogens (tertiary/aromatic N) is 1. The summed E-state index contributed by atoms with van der Waals surface area (Å²) in [5, 5.41) is 0. The van der Waals surface area contributed by atoms with Gasteiger partial charge in [0, 0.05) is 30.7 Å². The predicted molar refractivity (Wildman–Crippen MR) is 81.2 cm³/mol. The minimum absolute atomic E-state index is 0.153. The third-order valence-corrected chi connectivity index (χ3v) is 3.96. The zero-order valence-corrected chi connectivity index (χ0v) is 13.4. The first kappa shape index (κ1) is 16.0. The van der Waals surface area contributed by atoms with Crippen molar-refractivity contribution in [1.82, 2.24) is 4.90 Å². The number of hydrogen-bond acceptors (Lipinski definition) is 4. The molecule has 0 aliphatic carbocycles. The monoisotopic (exact) mass is 294 g/mol. The summed E-state index contributed by atoms with van der Waals surface area (Å²) in [6.07, 6.45) is 2.33. The summed E-state index contributed by atoms with van der Waals surface area (Å²) in [5.74, 6) is 0.582. The maximum absolute atomic E-state index is 11.4. The fourth-order valence-corrected chi connectivity index (χ4v) is 3.01. The number of methoxy groups -OCH3 is 1. The number of rotatable bonds is 5. The number of nitrogens with two attached hydrogens (primary N) is 1. The van der Waals surface area contributed by atoms with Gasteiger partial charge in [0.2, 0.25) is 0 Å². The molecule has 0 saturated carbocycles. The van der Waals surface area contributed by atoms with Crippen LogP contribution in [-0.4, -0.2) is 37.1 Å². The van der Waals surface area contributed by atoms with Crippen molar-refractivity contribution in [2.45, 2.75) is 51.6 Å². The predicted octanol–water partition coefficient (Wildman–Crippen LogP) is 2.29. The summed E-state index contributed by atoms with van der Waals surface area (Å²) in [6.45, 7) is 8.81. The van der Waals surface area contributed by atoms with Crippen molar-refractivity contribution >= 4 is 5.91 Å². The van der Waals surface area contributed by atoms with Gasteiger partial charge in [-0.3, -0.25) is 9.69 Å². The summed E-state index contributed by atoms with van der Waals surface area (Å²) < 4.78 is 11.0. The molecule has 2 rings (SSSR count). The van der Waals surface area contributed by atoms with Gasteiger partial charge in [-0.25, -0.2) is 0 Å². The summed E-state index contributed by atoms with van der Waals surface area (Å²) in [7, 11) is 1.74. The zero-order valence-electron chi connectivity index (χ0n) is 13.4. The molecule has 2 N–H and O–H groups in total. The molecule has 1 amide bonds. The van der Waals surface area contributed by atoms with Gasteiger partial charge in [0.05, 0.1) is 6.61 Å². The van der Waals surface area contributed by atoms with Crippen LogP contribution >= 0.6 is 0 Å². The molecule has 5 heteroatoms. The molecule has 1 saturated heterocycles. The van der Waals surface area contributed by atoms with Crippen LogP contribution in [0.25, 0.3) is 0 Å². The number of likely N-dealkylation sites (tertiary alicyclic amines) is 1. The summed E-state index contributed by atoms with van der Waals surface area (Å²) >= 11 is 0. The third-order valence-electron chi connectivity index (χ3n) is 3.96. The number of primary amides is 1. The smallest absolute Gasteiger partial charge is 0.284 e. The minimum atomic E-state index is -0.512. The summed E-state index contributed by atoms with van der Waals surface area (Å²) in [4.78, 5) is 13.8. The highest BCUT2D eigenvalue weighted by Gasteiger charge is 2.30. The highest BCUT2D eigenvalue weighted by molar-refractivity contribution is 5.90. The van der Waals surface area contributed by atoms with Crippen LogP contribution in [0, 0.1) is 0 Å². The standard InChI is InChI=1S/C16H26N2O3/c1-16(2,3)14-11(8-13(21-14)15(17)19)9-18-7-5-6-12(18)10-20-4/h8,12H,5-7,9-10H2,1-4H3,(H2,17,19)/t12-/m0/s1. The van der Waals surface area contributed by atoms with E-state index in [0.29, 0.717) is 6.04 Å². The molecule has 1 aromatic rings. The van der Waals surface area contributed by atoms with E-state index in [0.717, 1.165) is 37.4 Å². The van der Waals surface area contributed by atoms with Crippen molar-refractivity contribution in [2.75, 3.05) is 20.3 Å². The lowest BCUT2D eigenvalue weighted by molar-refractivity contribution is 0.0970. The molecule has 1 atom stereocenters. The van der Waals surface area contributed by atoms with Gasteiger partial charge in [-0.05, 0) is 25.5 Å². The topological polar surface area (TPSA) is 68.7 Å². The molecule has 5 nitrogen and oxygen atoms in total. The number of carbonyl (C=O) groups is 1. The lowest BCUT2D eigenvalue weighted by Gasteiger charge is -2.25. The molecule has 0 unspecified atom stereocenters. The molecule has 1 aliphatic rings. The first-order chi connectivity index (χ1) is 9.82. The van der Waals surface area contributed by atoms with E-state index in [1.165, 1.54) is 6.42 Å². The quantitative estimate of drug-likeness (QED) is 0.904. The van der Waals surface area contributed by atoms with Gasteiger partial charge in [-0.2, -0.15) is 0 Å². The van der Waals surface area contributed by atoms with E-state index in [9.17, 15) is 4.79 Å². The van der Waals surface area contributed by atoms with E-state index in [1.54, 1.807) is 13.2 Å². The van der Waals surface area contributed by atoms with E-state index in [1.807, 2.05) is 0 Å². The first-order valence-corrected chi connectivity index (χ1v) is 7.49. The molecule has 0 radical (unpaired) electrons. The number of hydrogen-bond donors (Lipinski definition) is 1. The van der Waals surface area contributed by atoms with Crippen molar-refractivity contribution in [3.05, 3.63) is 23.2 Å². The SMILES string of the molecule is COC[C@@H]1CCCN1Cc1cc(C(N)=O)oc1C(C)(C)C. The Morgan fingerprint density at radius 1 is 1.52 bits per heavy atom. The molecule has 1 aliphatic heterocycles. The molecular formula is C16H26N2O3. The molecule has 118 valence electrons. The van der Waals surface area contributed by atoms with Crippen LogP contribution < -0.4 is 5.73 Å². The van der Waals surface area contributed by atoms with E-state index in [2.05, 4.69) is 25.7 Å². The first-order valence-electron chi connectivity index (χ1n) is 7.49. The molecule has 0 aromatic carbocycles. The van der Waals surface area contributed by atoms with Crippen LogP contribution in [0.2, 0.25) is 0 Å². The molecule has 0 spiro atoms. The van der Waals surface area contributed by atoms with Gasteiger partial charge in [0.15, 0.2) is 5.76 Å². The number of amides is 1. The van der Waals surface area contributed by atoms with Gasteiger partial charge in [0.25, 0.3) is 5.91 Å². The Balaban J connectivity index is 2.24. The Labute approximate surface area is 126 Å². The van der Waals surface area contributed by atoms with Crippen molar-refractivity contribution in [3.8, 4) is 0 Å². The van der Waals surface area contributed by atoms with Gasteiger partial charge < -0.3 is 14.9 Å².